The van der Waals surface area contributed by atoms with Crippen molar-refractivity contribution in [3.8, 4) is 111 Å². The highest BCUT2D eigenvalue weighted by molar-refractivity contribution is 6.29. The summed E-state index contributed by atoms with van der Waals surface area (Å²) in [5.74, 6) is 0. The molecule has 0 nitrogen and oxygen atoms in total. The van der Waals surface area contributed by atoms with E-state index < -0.39 is 10.8 Å². The Labute approximate surface area is 574 Å². The van der Waals surface area contributed by atoms with Gasteiger partial charge in [-0.05, 0) is 223 Å². The molecule has 460 valence electrons. The molecule has 0 atom stereocenters. The molecule has 0 bridgehead atoms. The van der Waals surface area contributed by atoms with Crippen LogP contribution in [0.5, 0.6) is 0 Å². The molecule has 16 aromatic carbocycles. The fourth-order valence-electron chi connectivity index (χ4n) is 17.5. The van der Waals surface area contributed by atoms with Gasteiger partial charge in [0, 0.05) is 0 Å². The Balaban J connectivity index is 0.723. The molecule has 0 unspecified atom stereocenters. The number of rotatable bonds is 10. The van der Waals surface area contributed by atoms with E-state index in [1.54, 1.807) is 0 Å². The minimum atomic E-state index is -0.480. The predicted molar refractivity (Wildman–Crippen MR) is 412 cm³/mol. The van der Waals surface area contributed by atoms with E-state index in [0.717, 1.165) is 0 Å². The van der Waals surface area contributed by atoms with Crippen LogP contribution in [0.25, 0.3) is 133 Å². The van der Waals surface area contributed by atoms with E-state index in [1.807, 2.05) is 0 Å². The topological polar surface area (TPSA) is 0 Å². The van der Waals surface area contributed by atoms with Crippen molar-refractivity contribution in [3.63, 3.8) is 0 Å². The van der Waals surface area contributed by atoms with Crippen molar-refractivity contribution in [2.75, 3.05) is 0 Å². The van der Waals surface area contributed by atoms with Crippen LogP contribution in [0.4, 0.5) is 0 Å². The van der Waals surface area contributed by atoms with Crippen LogP contribution in [0.15, 0.2) is 340 Å². The smallest absolute Gasteiger partial charge is 0.0622 e. The van der Waals surface area contributed by atoms with Crippen molar-refractivity contribution in [2.45, 2.75) is 38.5 Å². The van der Waals surface area contributed by atoms with Gasteiger partial charge in [-0.1, -0.05) is 344 Å². The Kier molecular flexibility index (Phi) is 13.1. The lowest BCUT2D eigenvalue weighted by Crippen LogP contribution is -2.28. The van der Waals surface area contributed by atoms with Gasteiger partial charge in [0.2, 0.25) is 0 Å². The van der Waals surface area contributed by atoms with Crippen LogP contribution in [-0.2, 0) is 10.8 Å². The molecule has 0 radical (unpaired) electrons. The summed E-state index contributed by atoms with van der Waals surface area (Å²) in [6, 6.07) is 129. The van der Waals surface area contributed by atoms with Crippen molar-refractivity contribution >= 4 is 21.5 Å². The average Bonchev–Trinajstić information content (AvgIpc) is 1.57. The van der Waals surface area contributed by atoms with E-state index in [-0.39, 0.29) is 0 Å². The van der Waals surface area contributed by atoms with Gasteiger partial charge in [-0.2, -0.15) is 0 Å². The van der Waals surface area contributed by atoms with Gasteiger partial charge in [0.25, 0.3) is 0 Å². The largest absolute Gasteiger partial charge is 0.0713 e. The standard InChI is InChI=1S/C98H68/c1-61-26-45-74(46-27-61)97(75-47-28-62(2)29-48-75)88-24-13-11-20-79(88)81-53-42-72(59-90(81)97)66-36-34-65(35-37-66)71-44-55-84-87(58-71)93(70-18-9-6-10-19-70)95-85-23-15-22-83-78(56-57-86(94(83)85)96(95)92(84)69-16-7-5-8-17-69)68-40-38-67(39-41-68)73-43-54-82-80-21-12-14-25-89(80)98(91(82)60-73,76-49-30-63(3)31-50-76)77-51-32-64(4)33-52-77/h5-60H,1-4H3. The van der Waals surface area contributed by atoms with Gasteiger partial charge >= 0.3 is 0 Å². The number of aryl methyl sites for hydroxylation is 4. The zero-order chi connectivity index (χ0) is 65.4. The number of benzene rings is 16. The van der Waals surface area contributed by atoms with Crippen LogP contribution in [0.2, 0.25) is 0 Å². The summed E-state index contributed by atoms with van der Waals surface area (Å²) in [5.41, 5.74) is 39.3. The van der Waals surface area contributed by atoms with Gasteiger partial charge in [-0.3, -0.25) is 0 Å². The first-order valence-electron chi connectivity index (χ1n) is 34.5. The highest BCUT2D eigenvalue weighted by Gasteiger charge is 2.48. The summed E-state index contributed by atoms with van der Waals surface area (Å²) in [6.45, 7) is 8.72. The fraction of sp³-hybridized carbons (Fsp3) is 0.0612. The SMILES string of the molecule is Cc1ccc(C2(c3ccc(C)cc3)c3ccccc3-c3ccc(-c4ccc(-c5ccc6c(-c7ccccc7)c7c(c(-c8ccccc8)c6c5)-c5cccc6c(-c8ccc(-c9ccc%10c(c9)C(c9ccc(C)cc9)(c9ccc(C)cc9)c9ccccc9-%10)cc8)ccc-7c56)cc4)cc32)cc1. The van der Waals surface area contributed by atoms with Gasteiger partial charge in [0.1, 0.15) is 0 Å². The molecule has 0 N–H and O–H groups in total. The number of hydrogen-bond acceptors (Lipinski definition) is 0. The second-order valence-corrected chi connectivity index (χ2v) is 27.6. The van der Waals surface area contributed by atoms with Crippen molar-refractivity contribution in [1.29, 1.82) is 0 Å². The second kappa shape index (κ2) is 22.3. The normalized spacial score (nSPS) is 13.3. The first-order chi connectivity index (χ1) is 48.2. The molecule has 3 aliphatic carbocycles. The monoisotopic (exact) mass is 1240 g/mol. The van der Waals surface area contributed by atoms with Gasteiger partial charge in [-0.15, -0.1) is 0 Å². The summed E-state index contributed by atoms with van der Waals surface area (Å²) in [7, 11) is 0. The van der Waals surface area contributed by atoms with E-state index in [1.165, 1.54) is 200 Å². The molecular formula is C98H68. The van der Waals surface area contributed by atoms with Crippen LogP contribution in [0.3, 0.4) is 0 Å². The molecular weight excluding hydrogens is 1180 g/mol. The van der Waals surface area contributed by atoms with Gasteiger partial charge < -0.3 is 0 Å². The van der Waals surface area contributed by atoms with Crippen LogP contribution in [0.1, 0.15) is 66.8 Å². The van der Waals surface area contributed by atoms with E-state index in [2.05, 4.69) is 367 Å². The van der Waals surface area contributed by atoms with Gasteiger partial charge in [0.05, 0.1) is 10.8 Å². The Morgan fingerprint density at radius 2 is 0.500 bits per heavy atom. The van der Waals surface area contributed by atoms with E-state index in [9.17, 15) is 0 Å². The summed E-state index contributed by atoms with van der Waals surface area (Å²) < 4.78 is 0. The summed E-state index contributed by atoms with van der Waals surface area (Å²) >= 11 is 0. The van der Waals surface area contributed by atoms with E-state index in [4.69, 9.17) is 0 Å². The molecule has 0 heterocycles. The van der Waals surface area contributed by atoms with Crippen molar-refractivity contribution in [1.82, 2.24) is 0 Å². The first kappa shape index (κ1) is 57.5. The molecule has 0 saturated heterocycles. The second-order valence-electron chi connectivity index (χ2n) is 27.6. The molecule has 0 aliphatic heterocycles. The van der Waals surface area contributed by atoms with E-state index >= 15 is 0 Å². The molecule has 0 fully saturated rings. The molecule has 0 spiro atoms. The maximum Gasteiger partial charge on any atom is 0.0713 e. The number of hydrogen-bond donors (Lipinski definition) is 0. The van der Waals surface area contributed by atoms with Crippen molar-refractivity contribution in [2.24, 2.45) is 0 Å². The maximum absolute atomic E-state index is 2.48. The lowest BCUT2D eigenvalue weighted by Gasteiger charge is -2.34. The molecule has 98 heavy (non-hydrogen) atoms. The third-order valence-corrected chi connectivity index (χ3v) is 22.1. The first-order valence-corrected chi connectivity index (χ1v) is 34.5. The minimum absolute atomic E-state index is 0.479. The van der Waals surface area contributed by atoms with Crippen molar-refractivity contribution in [3.05, 3.63) is 406 Å². The van der Waals surface area contributed by atoms with E-state index in [0.29, 0.717) is 0 Å². The van der Waals surface area contributed by atoms with Gasteiger partial charge in [0.15, 0.2) is 0 Å². The molecule has 19 rings (SSSR count). The molecule has 0 amide bonds. The molecule has 3 aliphatic rings. The highest BCUT2D eigenvalue weighted by atomic mass is 14.5. The lowest BCUT2D eigenvalue weighted by molar-refractivity contribution is 0.768. The summed E-state index contributed by atoms with van der Waals surface area (Å²) in [4.78, 5) is 0. The quantitative estimate of drug-likeness (QED) is 0.128. The van der Waals surface area contributed by atoms with Crippen LogP contribution in [-0.4, -0.2) is 0 Å². The predicted octanol–water partition coefficient (Wildman–Crippen LogP) is 25.6. The molecule has 0 saturated carbocycles. The third kappa shape index (κ3) is 8.57. The Bertz CT molecular complexity index is 5780. The Morgan fingerprint density at radius 3 is 0.949 bits per heavy atom. The third-order valence-electron chi connectivity index (χ3n) is 22.1. The van der Waals surface area contributed by atoms with Gasteiger partial charge in [-0.25, -0.2) is 0 Å². The molecule has 16 aromatic rings. The maximum atomic E-state index is 2.48. The Morgan fingerprint density at radius 1 is 0.173 bits per heavy atom. The van der Waals surface area contributed by atoms with Crippen LogP contribution in [0, 0.1) is 27.7 Å². The molecule has 0 aromatic heterocycles. The summed E-state index contributed by atoms with van der Waals surface area (Å²) in [6.07, 6.45) is 0. The number of fused-ring (bicyclic) bond motifs is 10. The average molecular weight is 1250 g/mol. The molecule has 0 heteroatoms. The highest BCUT2D eigenvalue weighted by Crippen LogP contribution is 2.61. The van der Waals surface area contributed by atoms with Crippen LogP contribution >= 0.6 is 0 Å². The van der Waals surface area contributed by atoms with Crippen molar-refractivity contribution < 1.29 is 0 Å². The Hall–Kier alpha value is -12.0. The fourth-order valence-corrected chi connectivity index (χ4v) is 17.5. The van der Waals surface area contributed by atoms with Crippen LogP contribution < -0.4 is 0 Å². The zero-order valence-electron chi connectivity index (χ0n) is 55.3. The summed E-state index contributed by atoms with van der Waals surface area (Å²) in [5, 5.41) is 5.04. The lowest BCUT2D eigenvalue weighted by atomic mass is 9.67. The zero-order valence-corrected chi connectivity index (χ0v) is 55.3. The minimum Gasteiger partial charge on any atom is -0.0622 e.